The lowest BCUT2D eigenvalue weighted by atomic mass is 10.0. The zero-order valence-corrected chi connectivity index (χ0v) is 10.6. The van der Waals surface area contributed by atoms with Crippen molar-refractivity contribution < 1.29 is 23.1 Å². The Balaban J connectivity index is 2.27. The van der Waals surface area contributed by atoms with E-state index in [0.29, 0.717) is 5.56 Å². The van der Waals surface area contributed by atoms with Crippen molar-refractivity contribution in [3.05, 3.63) is 35.4 Å². The van der Waals surface area contributed by atoms with Gasteiger partial charge in [0.15, 0.2) is 0 Å². The number of aliphatic hydroxyl groups excluding tert-OH is 1. The molecule has 20 heavy (non-hydrogen) atoms. The zero-order valence-electron chi connectivity index (χ0n) is 10.6. The highest BCUT2D eigenvalue weighted by atomic mass is 19.4. The van der Waals surface area contributed by atoms with Gasteiger partial charge in [-0.3, -0.25) is 9.69 Å². The Morgan fingerprint density at radius 3 is 2.75 bits per heavy atom. The smallest absolute Gasteiger partial charge is 0.392 e. The van der Waals surface area contributed by atoms with Crippen LogP contribution in [0.2, 0.25) is 0 Å². The van der Waals surface area contributed by atoms with Gasteiger partial charge < -0.3 is 10.8 Å². The van der Waals surface area contributed by atoms with Crippen molar-refractivity contribution in [1.82, 2.24) is 4.90 Å². The van der Waals surface area contributed by atoms with Crippen LogP contribution in [0.5, 0.6) is 0 Å². The molecule has 1 heterocycles. The Bertz CT molecular complexity index is 505. The van der Waals surface area contributed by atoms with Gasteiger partial charge in [-0.15, -0.1) is 0 Å². The van der Waals surface area contributed by atoms with E-state index >= 15 is 0 Å². The molecule has 0 saturated carbocycles. The second-order valence-electron chi connectivity index (χ2n) is 4.92. The van der Waals surface area contributed by atoms with Crippen LogP contribution >= 0.6 is 0 Å². The Labute approximate surface area is 114 Å². The highest BCUT2D eigenvalue weighted by Crippen LogP contribution is 2.35. The lowest BCUT2D eigenvalue weighted by Crippen LogP contribution is -2.34. The molecule has 2 rings (SSSR count). The molecular formula is C13H15F3N2O2. The molecule has 1 aromatic carbocycles. The first kappa shape index (κ1) is 14.8. The summed E-state index contributed by atoms with van der Waals surface area (Å²) in [6.07, 6.45) is -4.80. The fourth-order valence-corrected chi connectivity index (χ4v) is 2.52. The van der Waals surface area contributed by atoms with E-state index < -0.39 is 29.8 Å². The monoisotopic (exact) mass is 288 g/mol. The molecular weight excluding hydrogens is 273 g/mol. The Hall–Kier alpha value is -1.60. The van der Waals surface area contributed by atoms with E-state index in [0.717, 1.165) is 12.1 Å². The summed E-state index contributed by atoms with van der Waals surface area (Å²) < 4.78 is 38.1. The minimum atomic E-state index is -4.41. The number of benzene rings is 1. The van der Waals surface area contributed by atoms with Crippen molar-refractivity contribution >= 4 is 5.91 Å². The maximum absolute atomic E-state index is 12.7. The van der Waals surface area contributed by atoms with Crippen LogP contribution in [0.4, 0.5) is 13.2 Å². The molecule has 1 saturated heterocycles. The number of hydrogen-bond acceptors (Lipinski definition) is 3. The summed E-state index contributed by atoms with van der Waals surface area (Å²) in [5, 5.41) is 9.66. The number of primary amides is 1. The molecule has 0 bridgehead atoms. The summed E-state index contributed by atoms with van der Waals surface area (Å²) >= 11 is 0. The number of likely N-dealkylation sites (tertiary alicyclic amines) is 1. The van der Waals surface area contributed by atoms with Gasteiger partial charge in [-0.1, -0.05) is 12.1 Å². The Morgan fingerprint density at radius 1 is 1.45 bits per heavy atom. The number of β-amino-alcohol motifs (C(OH)–C–C–N with tert-alkyl or cyclic N) is 1. The van der Waals surface area contributed by atoms with Gasteiger partial charge in [-0.05, 0) is 24.1 Å². The van der Waals surface area contributed by atoms with E-state index in [1.807, 2.05) is 0 Å². The van der Waals surface area contributed by atoms with E-state index in [1.165, 1.54) is 6.07 Å². The zero-order chi connectivity index (χ0) is 14.9. The number of carbonyl (C=O) groups is 1. The van der Waals surface area contributed by atoms with Crippen molar-refractivity contribution in [3.63, 3.8) is 0 Å². The molecule has 0 spiro atoms. The van der Waals surface area contributed by atoms with Gasteiger partial charge in [0.1, 0.15) is 0 Å². The highest BCUT2D eigenvalue weighted by Gasteiger charge is 2.35. The maximum Gasteiger partial charge on any atom is 0.416 e. The van der Waals surface area contributed by atoms with Crippen molar-refractivity contribution in [1.29, 1.82) is 0 Å². The fraction of sp³-hybridized carbons (Fsp3) is 0.462. The molecule has 0 aliphatic carbocycles. The number of rotatable bonds is 3. The molecule has 4 nitrogen and oxygen atoms in total. The molecule has 0 aromatic heterocycles. The molecule has 1 aliphatic rings. The molecule has 0 unspecified atom stereocenters. The van der Waals surface area contributed by atoms with Crippen LogP contribution in [0.3, 0.4) is 0 Å². The number of amides is 1. The number of nitrogens with zero attached hydrogens (tertiary/aromatic N) is 1. The van der Waals surface area contributed by atoms with E-state index in [-0.39, 0.29) is 19.5 Å². The summed E-state index contributed by atoms with van der Waals surface area (Å²) in [7, 11) is 0. The van der Waals surface area contributed by atoms with Crippen molar-refractivity contribution in [2.24, 2.45) is 5.73 Å². The number of halogens is 3. The lowest BCUT2D eigenvalue weighted by Gasteiger charge is -2.23. The summed E-state index contributed by atoms with van der Waals surface area (Å²) in [4.78, 5) is 12.6. The Morgan fingerprint density at radius 2 is 2.15 bits per heavy atom. The first-order valence-electron chi connectivity index (χ1n) is 6.15. The second kappa shape index (κ2) is 5.41. The Kier molecular flexibility index (Phi) is 4.01. The fourth-order valence-electron chi connectivity index (χ4n) is 2.52. The van der Waals surface area contributed by atoms with Crippen molar-refractivity contribution in [2.45, 2.75) is 24.7 Å². The van der Waals surface area contributed by atoms with Gasteiger partial charge >= 0.3 is 6.18 Å². The minimum Gasteiger partial charge on any atom is -0.392 e. The van der Waals surface area contributed by atoms with Crippen LogP contribution in [0, 0.1) is 0 Å². The van der Waals surface area contributed by atoms with Gasteiger partial charge in [-0.2, -0.15) is 13.2 Å². The molecule has 1 aliphatic heterocycles. The third kappa shape index (κ3) is 3.29. The molecule has 7 heteroatoms. The number of nitrogens with two attached hydrogens (primary N) is 1. The number of carbonyl (C=O) groups excluding carboxylic acids is 1. The third-order valence-electron chi connectivity index (χ3n) is 3.34. The summed E-state index contributed by atoms with van der Waals surface area (Å²) in [5.41, 5.74) is 4.80. The SMILES string of the molecule is NC(=O)CN1C[C@H](O)C[C@@H]1c1cccc(C(F)(F)F)c1. The quantitative estimate of drug-likeness (QED) is 0.881. The molecule has 1 fully saturated rings. The largest absolute Gasteiger partial charge is 0.416 e. The number of alkyl halides is 3. The minimum absolute atomic E-state index is 0.0853. The highest BCUT2D eigenvalue weighted by molar-refractivity contribution is 5.76. The van der Waals surface area contributed by atoms with Gasteiger partial charge in [0.2, 0.25) is 5.91 Å². The first-order chi connectivity index (χ1) is 9.27. The lowest BCUT2D eigenvalue weighted by molar-refractivity contribution is -0.137. The van der Waals surface area contributed by atoms with Crippen LogP contribution in [0.1, 0.15) is 23.6 Å². The molecule has 1 amide bonds. The van der Waals surface area contributed by atoms with E-state index in [2.05, 4.69) is 0 Å². The van der Waals surface area contributed by atoms with Gasteiger partial charge in [0.05, 0.1) is 18.2 Å². The van der Waals surface area contributed by atoms with Gasteiger partial charge in [-0.25, -0.2) is 0 Å². The molecule has 2 atom stereocenters. The van der Waals surface area contributed by atoms with Crippen molar-refractivity contribution in [2.75, 3.05) is 13.1 Å². The summed E-state index contributed by atoms with van der Waals surface area (Å²) in [6, 6.07) is 4.50. The topological polar surface area (TPSA) is 66.6 Å². The number of aliphatic hydroxyl groups is 1. The second-order valence-corrected chi connectivity index (χ2v) is 4.92. The van der Waals surface area contributed by atoms with Gasteiger partial charge in [0, 0.05) is 12.6 Å². The average molecular weight is 288 g/mol. The van der Waals surface area contributed by atoms with Gasteiger partial charge in [0.25, 0.3) is 0 Å². The summed E-state index contributed by atoms with van der Waals surface area (Å²) in [6.45, 7) is 0.141. The average Bonchev–Trinajstić information content (AvgIpc) is 2.68. The first-order valence-corrected chi connectivity index (χ1v) is 6.15. The van der Waals surface area contributed by atoms with Crippen LogP contribution in [-0.2, 0) is 11.0 Å². The number of hydrogen-bond donors (Lipinski definition) is 2. The van der Waals surface area contributed by atoms with Crippen LogP contribution in [0.15, 0.2) is 24.3 Å². The van der Waals surface area contributed by atoms with E-state index in [4.69, 9.17) is 5.73 Å². The predicted molar refractivity (Wildman–Crippen MR) is 65.6 cm³/mol. The van der Waals surface area contributed by atoms with E-state index in [9.17, 15) is 23.1 Å². The predicted octanol–water partition coefficient (Wildman–Crippen LogP) is 1.30. The molecule has 110 valence electrons. The molecule has 0 radical (unpaired) electrons. The maximum atomic E-state index is 12.7. The normalized spacial score (nSPS) is 24.0. The van der Waals surface area contributed by atoms with Crippen molar-refractivity contribution in [3.8, 4) is 0 Å². The standard InChI is InChI=1S/C13H15F3N2O2/c14-13(15,16)9-3-1-2-8(4-9)11-5-10(19)6-18(11)7-12(17)20/h1-4,10-11,19H,5-7H2,(H2,17,20)/t10-,11-/m1/s1. The molecule has 3 N–H and O–H groups in total. The summed E-state index contributed by atoms with van der Waals surface area (Å²) in [5.74, 6) is -0.573. The third-order valence-corrected chi connectivity index (χ3v) is 3.34. The van der Waals surface area contributed by atoms with Crippen LogP contribution in [0.25, 0.3) is 0 Å². The van der Waals surface area contributed by atoms with Crippen LogP contribution < -0.4 is 5.73 Å². The molecule has 1 aromatic rings. The van der Waals surface area contributed by atoms with Crippen LogP contribution in [-0.4, -0.2) is 35.1 Å². The van der Waals surface area contributed by atoms with E-state index in [1.54, 1.807) is 11.0 Å².